The van der Waals surface area contributed by atoms with Crippen LogP contribution in [0.2, 0.25) is 5.02 Å². The van der Waals surface area contributed by atoms with Gasteiger partial charge < -0.3 is 9.84 Å². The summed E-state index contributed by atoms with van der Waals surface area (Å²) in [6.45, 7) is 0. The Kier molecular flexibility index (Phi) is 5.00. The number of ether oxygens (including phenoxy) is 1. The van der Waals surface area contributed by atoms with Gasteiger partial charge in [0.25, 0.3) is 0 Å². The first-order chi connectivity index (χ1) is 12.7. The zero-order valence-corrected chi connectivity index (χ0v) is 15.2. The largest absolute Gasteiger partial charge is 0.503 e. The number of halogens is 4. The Hall–Kier alpha value is -2.76. The van der Waals surface area contributed by atoms with Gasteiger partial charge >= 0.3 is 6.18 Å². The number of aromatic hydroxyl groups is 1. The maximum Gasteiger partial charge on any atom is 0.416 e. The van der Waals surface area contributed by atoms with E-state index >= 15 is 0 Å². The number of hydrogen-bond acceptors (Lipinski definition) is 5. The van der Waals surface area contributed by atoms with Crippen molar-refractivity contribution in [3.8, 4) is 17.6 Å². The average molecular weight is 411 g/mol. The predicted molar refractivity (Wildman–Crippen MR) is 97.8 cm³/mol. The SMILES string of the molecule is COc1cc(/C=C(/C#N)c2nc3cc(C(F)(F)F)ccc3s2)cc(Cl)c1O. The smallest absolute Gasteiger partial charge is 0.416 e. The van der Waals surface area contributed by atoms with Gasteiger partial charge in [0.1, 0.15) is 11.1 Å². The third-order valence-electron chi connectivity index (χ3n) is 3.65. The number of rotatable bonds is 3. The number of benzene rings is 2. The van der Waals surface area contributed by atoms with Gasteiger partial charge in [-0.1, -0.05) is 11.6 Å². The van der Waals surface area contributed by atoms with Gasteiger partial charge in [-0.15, -0.1) is 11.3 Å². The van der Waals surface area contributed by atoms with Gasteiger partial charge in [0.2, 0.25) is 0 Å². The van der Waals surface area contributed by atoms with E-state index in [2.05, 4.69) is 4.98 Å². The minimum absolute atomic E-state index is 0.0389. The maximum atomic E-state index is 12.8. The van der Waals surface area contributed by atoms with Gasteiger partial charge in [-0.2, -0.15) is 18.4 Å². The quantitative estimate of drug-likeness (QED) is 0.558. The second kappa shape index (κ2) is 7.10. The number of hydrogen-bond donors (Lipinski definition) is 1. The molecule has 0 aliphatic carbocycles. The monoisotopic (exact) mass is 410 g/mol. The standard InChI is InChI=1S/C18H10ClF3N2O2S/c1-26-14-6-9(5-12(19)16(14)25)4-10(8-23)17-24-13-7-11(18(20,21)22)2-3-15(13)27-17/h2-7,25H,1H3/b10-4-. The Morgan fingerprint density at radius 2 is 2.07 bits per heavy atom. The Balaban J connectivity index is 2.07. The zero-order valence-electron chi connectivity index (χ0n) is 13.6. The van der Waals surface area contributed by atoms with Crippen LogP contribution in [0.1, 0.15) is 16.1 Å². The highest BCUT2D eigenvalue weighted by Gasteiger charge is 2.30. The van der Waals surface area contributed by atoms with E-state index in [0.29, 0.717) is 10.3 Å². The van der Waals surface area contributed by atoms with E-state index in [9.17, 15) is 23.5 Å². The number of phenols is 1. The maximum absolute atomic E-state index is 12.8. The van der Waals surface area contributed by atoms with Crippen LogP contribution < -0.4 is 4.74 Å². The summed E-state index contributed by atoms with van der Waals surface area (Å²) in [6.07, 6.45) is -3.00. The molecule has 0 saturated carbocycles. The van der Waals surface area contributed by atoms with Gasteiger partial charge in [0, 0.05) is 0 Å². The molecule has 9 heteroatoms. The number of thiazole rings is 1. The molecule has 0 aliphatic heterocycles. The van der Waals surface area contributed by atoms with Crippen molar-refractivity contribution in [2.24, 2.45) is 0 Å². The van der Waals surface area contributed by atoms with Crippen LogP contribution in [0.3, 0.4) is 0 Å². The molecule has 1 N–H and O–H groups in total. The predicted octanol–water partition coefficient (Wildman–Crippen LogP) is 5.75. The molecule has 0 amide bonds. The molecule has 2 aromatic carbocycles. The van der Waals surface area contributed by atoms with Crippen molar-refractivity contribution in [1.82, 2.24) is 4.98 Å². The molecule has 0 radical (unpaired) electrons. The Labute approximate surface area is 160 Å². The van der Waals surface area contributed by atoms with Gasteiger partial charge in [0.05, 0.1) is 33.5 Å². The Morgan fingerprint density at radius 3 is 2.70 bits per heavy atom. The van der Waals surface area contributed by atoms with Crippen molar-refractivity contribution in [2.75, 3.05) is 7.11 Å². The summed E-state index contributed by atoms with van der Waals surface area (Å²) in [5.41, 5.74) is -0.0216. The summed E-state index contributed by atoms with van der Waals surface area (Å²) in [5, 5.41) is 19.5. The molecular weight excluding hydrogens is 401 g/mol. The fourth-order valence-electron chi connectivity index (χ4n) is 2.36. The minimum Gasteiger partial charge on any atom is -0.503 e. The third-order valence-corrected chi connectivity index (χ3v) is 5.01. The highest BCUT2D eigenvalue weighted by Crippen LogP contribution is 2.37. The molecule has 1 aromatic heterocycles. The zero-order chi connectivity index (χ0) is 19.8. The average Bonchev–Trinajstić information content (AvgIpc) is 3.04. The third kappa shape index (κ3) is 3.84. The highest BCUT2D eigenvalue weighted by atomic mass is 35.5. The number of aromatic nitrogens is 1. The van der Waals surface area contributed by atoms with Crippen LogP contribution in [0.4, 0.5) is 13.2 Å². The van der Waals surface area contributed by atoms with E-state index in [1.165, 1.54) is 31.4 Å². The van der Waals surface area contributed by atoms with Gasteiger partial charge in [-0.3, -0.25) is 0 Å². The minimum atomic E-state index is -4.47. The van der Waals surface area contributed by atoms with Crippen LogP contribution in [0.5, 0.6) is 11.5 Å². The summed E-state index contributed by atoms with van der Waals surface area (Å²) < 4.78 is 44.1. The molecule has 1 heterocycles. The summed E-state index contributed by atoms with van der Waals surface area (Å²) in [7, 11) is 1.36. The second-order valence-corrected chi connectivity index (χ2v) is 6.86. The molecule has 138 valence electrons. The van der Waals surface area contributed by atoms with Crippen molar-refractivity contribution >= 4 is 44.8 Å². The van der Waals surface area contributed by atoms with Gasteiger partial charge in [0.15, 0.2) is 11.5 Å². The topological polar surface area (TPSA) is 66.1 Å². The molecule has 3 rings (SSSR count). The molecule has 0 aliphatic rings. The summed E-state index contributed by atoms with van der Waals surface area (Å²) in [6, 6.07) is 8.15. The molecule has 0 unspecified atom stereocenters. The molecular formula is C18H10ClF3N2O2S. The van der Waals surface area contributed by atoms with E-state index in [0.717, 1.165) is 23.5 Å². The molecule has 3 aromatic rings. The number of methoxy groups -OCH3 is 1. The van der Waals surface area contributed by atoms with Crippen molar-refractivity contribution < 1.29 is 23.0 Å². The van der Waals surface area contributed by atoms with Crippen LogP contribution in [-0.4, -0.2) is 17.2 Å². The van der Waals surface area contributed by atoms with E-state index < -0.39 is 11.7 Å². The highest BCUT2D eigenvalue weighted by molar-refractivity contribution is 7.19. The van der Waals surface area contributed by atoms with Crippen LogP contribution in [-0.2, 0) is 6.18 Å². The normalized spacial score (nSPS) is 12.2. The van der Waals surface area contributed by atoms with Crippen LogP contribution in [0.25, 0.3) is 21.9 Å². The van der Waals surface area contributed by atoms with Crippen molar-refractivity contribution in [3.05, 3.63) is 51.5 Å². The summed E-state index contributed by atoms with van der Waals surface area (Å²) in [4.78, 5) is 4.15. The Morgan fingerprint density at radius 1 is 1.33 bits per heavy atom. The van der Waals surface area contributed by atoms with Crippen molar-refractivity contribution in [1.29, 1.82) is 5.26 Å². The van der Waals surface area contributed by atoms with Crippen LogP contribution in [0, 0.1) is 11.3 Å². The number of nitriles is 1. The molecule has 4 nitrogen and oxygen atoms in total. The van der Waals surface area contributed by atoms with Gasteiger partial charge in [-0.25, -0.2) is 4.98 Å². The lowest BCUT2D eigenvalue weighted by atomic mass is 10.1. The molecule has 0 saturated heterocycles. The number of fused-ring (bicyclic) bond motifs is 1. The van der Waals surface area contributed by atoms with E-state index in [4.69, 9.17) is 16.3 Å². The fraction of sp³-hybridized carbons (Fsp3) is 0.111. The van der Waals surface area contributed by atoms with Gasteiger partial charge in [-0.05, 0) is 42.0 Å². The molecule has 0 spiro atoms. The number of nitrogens with zero attached hydrogens (tertiary/aromatic N) is 2. The number of allylic oxidation sites excluding steroid dienone is 1. The number of phenolic OH excluding ortho intramolecular Hbond substituents is 1. The van der Waals surface area contributed by atoms with Crippen LogP contribution in [0.15, 0.2) is 30.3 Å². The first-order valence-electron chi connectivity index (χ1n) is 7.39. The fourth-order valence-corrected chi connectivity index (χ4v) is 3.49. The molecule has 0 fully saturated rings. The van der Waals surface area contributed by atoms with E-state index in [1.54, 1.807) is 0 Å². The van der Waals surface area contributed by atoms with Crippen molar-refractivity contribution in [3.63, 3.8) is 0 Å². The lowest BCUT2D eigenvalue weighted by Gasteiger charge is -2.06. The second-order valence-electron chi connectivity index (χ2n) is 5.42. The Bertz CT molecular complexity index is 1100. The molecule has 27 heavy (non-hydrogen) atoms. The lowest BCUT2D eigenvalue weighted by Crippen LogP contribution is -2.03. The van der Waals surface area contributed by atoms with E-state index in [1.807, 2.05) is 6.07 Å². The van der Waals surface area contributed by atoms with Crippen molar-refractivity contribution in [2.45, 2.75) is 6.18 Å². The van der Waals surface area contributed by atoms with Crippen LogP contribution >= 0.6 is 22.9 Å². The number of alkyl halides is 3. The first-order valence-corrected chi connectivity index (χ1v) is 8.59. The molecule has 0 atom stereocenters. The lowest BCUT2D eigenvalue weighted by molar-refractivity contribution is -0.137. The first kappa shape index (κ1) is 19.0. The van der Waals surface area contributed by atoms with E-state index in [-0.39, 0.29) is 32.6 Å². The molecule has 0 bridgehead atoms. The summed E-state index contributed by atoms with van der Waals surface area (Å²) in [5.74, 6) is -0.0975. The summed E-state index contributed by atoms with van der Waals surface area (Å²) >= 11 is 7.04.